The van der Waals surface area contributed by atoms with Crippen LogP contribution < -0.4 is 10.6 Å². The number of benzene rings is 2. The number of amides is 1. The van der Waals surface area contributed by atoms with E-state index < -0.39 is 5.54 Å². The monoisotopic (exact) mass is 416 g/mol. The Bertz CT molecular complexity index is 879. The maximum atomic E-state index is 13.3. The van der Waals surface area contributed by atoms with Crippen molar-refractivity contribution in [3.05, 3.63) is 63.6 Å². The lowest BCUT2D eigenvalue weighted by atomic mass is 9.80. The van der Waals surface area contributed by atoms with Crippen LogP contribution in [0, 0.1) is 5.92 Å². The molecule has 1 saturated carbocycles. The van der Waals surface area contributed by atoms with Crippen LogP contribution in [-0.2, 0) is 16.8 Å². The Hall–Kier alpha value is -1.55. The van der Waals surface area contributed by atoms with Crippen LogP contribution in [0.1, 0.15) is 50.2 Å². The summed E-state index contributed by atoms with van der Waals surface area (Å²) < 4.78 is 0. The Balaban J connectivity index is 1.72. The molecule has 2 aromatic carbocycles. The van der Waals surface area contributed by atoms with E-state index in [2.05, 4.69) is 17.6 Å². The third-order valence-electron chi connectivity index (χ3n) is 6.27. The Kier molecular flexibility index (Phi) is 5.69. The van der Waals surface area contributed by atoms with Crippen LogP contribution in [0.3, 0.4) is 0 Å². The minimum absolute atomic E-state index is 0.0209. The smallest absolute Gasteiger partial charge is 0.249 e. The fourth-order valence-electron chi connectivity index (χ4n) is 4.81. The van der Waals surface area contributed by atoms with Gasteiger partial charge in [0.05, 0.1) is 0 Å². The molecule has 4 rings (SSSR count). The molecule has 2 atom stereocenters. The fourth-order valence-corrected chi connectivity index (χ4v) is 5.19. The first kappa shape index (κ1) is 19.8. The van der Waals surface area contributed by atoms with E-state index in [1.54, 1.807) is 0 Å². The summed E-state index contributed by atoms with van der Waals surface area (Å²) in [6.07, 6.45) is 6.85. The van der Waals surface area contributed by atoms with Crippen LogP contribution in [0.15, 0.2) is 42.5 Å². The molecule has 28 heavy (non-hydrogen) atoms. The van der Waals surface area contributed by atoms with Crippen LogP contribution in [0.5, 0.6) is 0 Å². The van der Waals surface area contributed by atoms with Crippen molar-refractivity contribution >= 4 is 34.8 Å². The third kappa shape index (κ3) is 3.80. The number of hydrogen-bond acceptors (Lipinski definition) is 2. The number of carbonyl (C=O) groups is 1. The molecule has 2 unspecified atom stereocenters. The summed E-state index contributed by atoms with van der Waals surface area (Å²) in [7, 11) is 0. The lowest BCUT2D eigenvalue weighted by Crippen LogP contribution is -2.55. The van der Waals surface area contributed by atoms with E-state index in [1.807, 2.05) is 42.5 Å². The van der Waals surface area contributed by atoms with Gasteiger partial charge in [0.2, 0.25) is 5.91 Å². The largest absolute Gasteiger partial charge is 0.324 e. The molecule has 2 aromatic rings. The van der Waals surface area contributed by atoms with Gasteiger partial charge in [-0.05, 0) is 55.5 Å². The summed E-state index contributed by atoms with van der Waals surface area (Å²) in [5, 5.41) is 8.12. The van der Waals surface area contributed by atoms with Crippen molar-refractivity contribution in [1.29, 1.82) is 0 Å². The predicted molar refractivity (Wildman–Crippen MR) is 116 cm³/mol. The zero-order valence-corrected chi connectivity index (χ0v) is 17.6. The average molecular weight is 417 g/mol. The SMILES string of the molecule is CC(NC1(Cc2cccc(Cl)c2)C(=O)Nc2cc(Cl)ccc21)C1CCCCC1. The van der Waals surface area contributed by atoms with Gasteiger partial charge < -0.3 is 5.32 Å². The van der Waals surface area contributed by atoms with Crippen molar-refractivity contribution in [3.8, 4) is 0 Å². The number of carbonyl (C=O) groups excluding carboxylic acids is 1. The molecule has 5 heteroatoms. The van der Waals surface area contributed by atoms with Crippen LogP contribution in [0.25, 0.3) is 0 Å². The molecule has 0 aromatic heterocycles. The van der Waals surface area contributed by atoms with Gasteiger partial charge in [-0.3, -0.25) is 10.1 Å². The van der Waals surface area contributed by atoms with Crippen molar-refractivity contribution in [2.45, 2.75) is 57.0 Å². The number of anilines is 1. The topological polar surface area (TPSA) is 41.1 Å². The van der Waals surface area contributed by atoms with E-state index in [9.17, 15) is 4.79 Å². The first-order valence-corrected chi connectivity index (χ1v) is 10.9. The maximum absolute atomic E-state index is 13.3. The van der Waals surface area contributed by atoms with Gasteiger partial charge in [0.25, 0.3) is 0 Å². The van der Waals surface area contributed by atoms with Crippen molar-refractivity contribution in [3.63, 3.8) is 0 Å². The van der Waals surface area contributed by atoms with Crippen molar-refractivity contribution in [1.82, 2.24) is 5.32 Å². The van der Waals surface area contributed by atoms with Crippen molar-refractivity contribution < 1.29 is 4.79 Å². The molecule has 0 bridgehead atoms. The summed E-state index contributed by atoms with van der Waals surface area (Å²) in [6, 6.07) is 13.7. The molecule has 0 spiro atoms. The summed E-state index contributed by atoms with van der Waals surface area (Å²) in [4.78, 5) is 13.3. The summed E-state index contributed by atoms with van der Waals surface area (Å²) in [6.45, 7) is 2.22. The highest BCUT2D eigenvalue weighted by atomic mass is 35.5. The molecule has 1 heterocycles. The molecule has 2 N–H and O–H groups in total. The Morgan fingerprint density at radius 3 is 2.61 bits per heavy atom. The highest BCUT2D eigenvalue weighted by Gasteiger charge is 2.48. The van der Waals surface area contributed by atoms with E-state index in [0.717, 1.165) is 16.8 Å². The molecule has 3 nitrogen and oxygen atoms in total. The lowest BCUT2D eigenvalue weighted by Gasteiger charge is -2.37. The van der Waals surface area contributed by atoms with E-state index in [-0.39, 0.29) is 11.9 Å². The van der Waals surface area contributed by atoms with Gasteiger partial charge in [-0.15, -0.1) is 0 Å². The van der Waals surface area contributed by atoms with Gasteiger partial charge in [0, 0.05) is 33.8 Å². The van der Waals surface area contributed by atoms with E-state index in [4.69, 9.17) is 23.2 Å². The minimum Gasteiger partial charge on any atom is -0.324 e. The average Bonchev–Trinajstić information content (AvgIpc) is 2.93. The van der Waals surface area contributed by atoms with Crippen LogP contribution in [-0.4, -0.2) is 11.9 Å². The molecule has 1 amide bonds. The lowest BCUT2D eigenvalue weighted by molar-refractivity contribution is -0.122. The first-order chi connectivity index (χ1) is 13.5. The third-order valence-corrected chi connectivity index (χ3v) is 6.74. The van der Waals surface area contributed by atoms with E-state index in [1.165, 1.54) is 32.1 Å². The molecule has 1 aliphatic heterocycles. The normalized spacial score (nSPS) is 23.3. The maximum Gasteiger partial charge on any atom is 0.249 e. The van der Waals surface area contributed by atoms with E-state index >= 15 is 0 Å². The minimum atomic E-state index is -0.818. The molecule has 1 aliphatic carbocycles. The zero-order chi connectivity index (χ0) is 19.7. The van der Waals surface area contributed by atoms with E-state index in [0.29, 0.717) is 22.4 Å². The highest BCUT2D eigenvalue weighted by Crippen LogP contribution is 2.41. The fraction of sp³-hybridized carbons (Fsp3) is 0.435. The van der Waals surface area contributed by atoms with Gasteiger partial charge in [0.15, 0.2) is 0 Å². The van der Waals surface area contributed by atoms with Gasteiger partial charge in [-0.2, -0.15) is 0 Å². The molecule has 148 valence electrons. The second kappa shape index (κ2) is 8.06. The van der Waals surface area contributed by atoms with Crippen LogP contribution >= 0.6 is 23.2 Å². The number of nitrogens with one attached hydrogen (secondary N) is 2. The predicted octanol–water partition coefficient (Wildman–Crippen LogP) is 5.94. The molecular formula is C23H26Cl2N2O. The van der Waals surface area contributed by atoms with Crippen molar-refractivity contribution in [2.24, 2.45) is 5.92 Å². The summed E-state index contributed by atoms with van der Waals surface area (Å²) >= 11 is 12.4. The second-order valence-corrected chi connectivity index (χ2v) is 9.06. The molecule has 0 radical (unpaired) electrons. The van der Waals surface area contributed by atoms with Gasteiger partial charge in [-0.25, -0.2) is 0 Å². The Morgan fingerprint density at radius 1 is 1.11 bits per heavy atom. The second-order valence-electron chi connectivity index (χ2n) is 8.19. The van der Waals surface area contributed by atoms with Crippen LogP contribution in [0.4, 0.5) is 5.69 Å². The number of halogens is 2. The van der Waals surface area contributed by atoms with Crippen LogP contribution in [0.2, 0.25) is 10.0 Å². The zero-order valence-electron chi connectivity index (χ0n) is 16.1. The molecule has 1 fully saturated rings. The number of hydrogen-bond donors (Lipinski definition) is 2. The van der Waals surface area contributed by atoms with Gasteiger partial charge in [0.1, 0.15) is 5.54 Å². The Labute approximate surface area is 176 Å². The summed E-state index contributed by atoms with van der Waals surface area (Å²) in [5.74, 6) is 0.571. The summed E-state index contributed by atoms with van der Waals surface area (Å²) in [5.41, 5.74) is 1.97. The van der Waals surface area contributed by atoms with Crippen molar-refractivity contribution in [2.75, 3.05) is 5.32 Å². The Morgan fingerprint density at radius 2 is 1.86 bits per heavy atom. The number of fused-ring (bicyclic) bond motifs is 1. The highest BCUT2D eigenvalue weighted by molar-refractivity contribution is 6.31. The molecule has 0 saturated heterocycles. The number of rotatable bonds is 5. The standard InChI is InChI=1S/C23H26Cl2N2O/c1-15(17-7-3-2-4-8-17)27-23(14-16-6-5-9-18(24)12-16)20-11-10-19(25)13-21(20)26-22(23)28/h5-6,9-13,15,17,27H,2-4,7-8,14H2,1H3,(H,26,28). The quantitative estimate of drug-likeness (QED) is 0.632. The molecule has 2 aliphatic rings. The van der Waals surface area contributed by atoms with Gasteiger partial charge >= 0.3 is 0 Å². The molecular weight excluding hydrogens is 391 g/mol. The first-order valence-electron chi connectivity index (χ1n) is 10.1. The van der Waals surface area contributed by atoms with Gasteiger partial charge in [-0.1, -0.05) is 60.7 Å².